The van der Waals surface area contributed by atoms with Crippen LogP contribution in [0.5, 0.6) is 0 Å². The fourth-order valence-corrected chi connectivity index (χ4v) is 2.34. The molecule has 1 unspecified atom stereocenters. The van der Waals surface area contributed by atoms with Crippen LogP contribution in [-0.2, 0) is 4.79 Å². The van der Waals surface area contributed by atoms with Gasteiger partial charge in [-0.15, -0.1) is 0 Å². The second-order valence-corrected chi connectivity index (χ2v) is 5.69. The Morgan fingerprint density at radius 1 is 1.43 bits per heavy atom. The van der Waals surface area contributed by atoms with Crippen molar-refractivity contribution < 1.29 is 19.1 Å². The Kier molecular flexibility index (Phi) is 3.85. The van der Waals surface area contributed by atoms with E-state index in [1.165, 1.54) is 24.4 Å². The van der Waals surface area contributed by atoms with Crippen LogP contribution in [0.25, 0.3) is 0 Å². The van der Waals surface area contributed by atoms with Gasteiger partial charge in [0.25, 0.3) is 5.91 Å². The largest absolute Gasteiger partial charge is 0.479 e. The summed E-state index contributed by atoms with van der Waals surface area (Å²) in [5.41, 5.74) is 0.950. The highest BCUT2D eigenvalue weighted by Gasteiger charge is 2.27. The molecule has 1 fully saturated rings. The number of hydrogen-bond donors (Lipinski definition) is 2. The van der Waals surface area contributed by atoms with Crippen molar-refractivity contribution >= 4 is 11.9 Å². The highest BCUT2D eigenvalue weighted by atomic mass is 19.1. The SMILES string of the molecule is Cc1cc(C(NC(=O)c2cnn(C3CC3)c2)C(=O)O)ccc1F. The predicted octanol–water partition coefficient (Wildman–Crippen LogP) is 2.22. The van der Waals surface area contributed by atoms with Crippen molar-refractivity contribution in [2.75, 3.05) is 0 Å². The molecule has 0 radical (unpaired) electrons. The summed E-state index contributed by atoms with van der Waals surface area (Å²) in [6.07, 6.45) is 5.11. The molecule has 1 aromatic carbocycles. The zero-order valence-electron chi connectivity index (χ0n) is 12.5. The summed E-state index contributed by atoms with van der Waals surface area (Å²) < 4.78 is 15.0. The molecule has 2 aromatic rings. The number of nitrogens with zero attached hydrogens (tertiary/aromatic N) is 2. The van der Waals surface area contributed by atoms with Crippen LogP contribution in [0.2, 0.25) is 0 Å². The summed E-state index contributed by atoms with van der Waals surface area (Å²) in [5.74, 6) is -2.15. The summed E-state index contributed by atoms with van der Waals surface area (Å²) in [7, 11) is 0. The van der Waals surface area contributed by atoms with Gasteiger partial charge in [-0.1, -0.05) is 12.1 Å². The molecule has 0 aliphatic heterocycles. The first-order valence-corrected chi connectivity index (χ1v) is 7.29. The van der Waals surface area contributed by atoms with Crippen molar-refractivity contribution in [3.8, 4) is 0 Å². The normalized spacial score (nSPS) is 15.2. The second kappa shape index (κ2) is 5.83. The number of carboxylic acid groups (broad SMARTS) is 1. The number of aliphatic carboxylic acids is 1. The van der Waals surface area contributed by atoms with Gasteiger partial charge >= 0.3 is 5.97 Å². The minimum absolute atomic E-state index is 0.307. The number of benzene rings is 1. The molecule has 120 valence electrons. The fraction of sp³-hybridized carbons (Fsp3) is 0.312. The third-order valence-electron chi connectivity index (χ3n) is 3.82. The lowest BCUT2D eigenvalue weighted by Crippen LogP contribution is -2.33. The molecule has 23 heavy (non-hydrogen) atoms. The van der Waals surface area contributed by atoms with Crippen molar-refractivity contribution in [3.63, 3.8) is 0 Å². The number of hydrogen-bond acceptors (Lipinski definition) is 3. The summed E-state index contributed by atoms with van der Waals surface area (Å²) in [5, 5.41) is 15.9. The Labute approximate surface area is 131 Å². The average Bonchev–Trinajstić information content (AvgIpc) is 3.24. The van der Waals surface area contributed by atoms with Crippen LogP contribution in [0, 0.1) is 12.7 Å². The third kappa shape index (κ3) is 3.23. The zero-order valence-corrected chi connectivity index (χ0v) is 12.5. The van der Waals surface area contributed by atoms with Gasteiger partial charge in [-0.05, 0) is 37.0 Å². The van der Waals surface area contributed by atoms with Crippen LogP contribution in [-0.4, -0.2) is 26.8 Å². The molecular weight excluding hydrogens is 301 g/mol. The predicted molar refractivity (Wildman–Crippen MR) is 79.5 cm³/mol. The first-order chi connectivity index (χ1) is 11.0. The van der Waals surface area contributed by atoms with E-state index < -0.39 is 23.7 Å². The molecule has 0 bridgehead atoms. The molecule has 1 heterocycles. The summed E-state index contributed by atoms with van der Waals surface area (Å²) in [6.45, 7) is 1.54. The number of aromatic nitrogens is 2. The quantitative estimate of drug-likeness (QED) is 0.885. The lowest BCUT2D eigenvalue weighted by atomic mass is 10.0. The molecule has 1 aromatic heterocycles. The minimum Gasteiger partial charge on any atom is -0.479 e. The Hall–Kier alpha value is -2.70. The minimum atomic E-state index is -1.24. The first-order valence-electron chi connectivity index (χ1n) is 7.29. The fourth-order valence-electron chi connectivity index (χ4n) is 2.34. The van der Waals surface area contributed by atoms with E-state index in [0.717, 1.165) is 12.8 Å². The van der Waals surface area contributed by atoms with Gasteiger partial charge in [-0.3, -0.25) is 9.48 Å². The van der Waals surface area contributed by atoms with Crippen LogP contribution in [0.4, 0.5) is 4.39 Å². The van der Waals surface area contributed by atoms with Crippen LogP contribution >= 0.6 is 0 Å². The average molecular weight is 317 g/mol. The molecule has 1 amide bonds. The molecule has 2 N–H and O–H groups in total. The first kappa shape index (κ1) is 15.2. The molecular formula is C16H16FN3O3. The maximum atomic E-state index is 13.3. The van der Waals surface area contributed by atoms with Crippen molar-refractivity contribution in [3.05, 3.63) is 53.1 Å². The lowest BCUT2D eigenvalue weighted by Gasteiger charge is -2.15. The molecule has 7 heteroatoms. The molecule has 1 atom stereocenters. The van der Waals surface area contributed by atoms with E-state index in [0.29, 0.717) is 22.7 Å². The zero-order chi connectivity index (χ0) is 16.6. The van der Waals surface area contributed by atoms with Gasteiger partial charge in [0.15, 0.2) is 6.04 Å². The van der Waals surface area contributed by atoms with Gasteiger partial charge in [0.2, 0.25) is 0 Å². The number of carboxylic acids is 1. The van der Waals surface area contributed by atoms with Crippen molar-refractivity contribution in [1.29, 1.82) is 0 Å². The molecule has 0 spiro atoms. The number of amides is 1. The van der Waals surface area contributed by atoms with Crippen LogP contribution in [0.1, 0.15) is 46.4 Å². The van der Waals surface area contributed by atoms with Crippen LogP contribution < -0.4 is 5.32 Å². The van der Waals surface area contributed by atoms with Gasteiger partial charge in [0.1, 0.15) is 5.82 Å². The highest BCUT2D eigenvalue weighted by molar-refractivity contribution is 5.96. The smallest absolute Gasteiger partial charge is 0.330 e. The van der Waals surface area contributed by atoms with E-state index in [4.69, 9.17) is 0 Å². The monoisotopic (exact) mass is 317 g/mol. The molecule has 1 aliphatic rings. The summed E-state index contributed by atoms with van der Waals surface area (Å²) in [4.78, 5) is 23.7. The lowest BCUT2D eigenvalue weighted by molar-refractivity contribution is -0.139. The van der Waals surface area contributed by atoms with Gasteiger partial charge in [0.05, 0.1) is 17.8 Å². The van der Waals surface area contributed by atoms with Crippen molar-refractivity contribution in [2.24, 2.45) is 0 Å². The molecule has 6 nitrogen and oxygen atoms in total. The number of rotatable bonds is 5. The number of carbonyl (C=O) groups excluding carboxylic acids is 1. The van der Waals surface area contributed by atoms with E-state index >= 15 is 0 Å². The molecule has 3 rings (SSSR count). The van der Waals surface area contributed by atoms with E-state index in [1.54, 1.807) is 17.8 Å². The summed E-state index contributed by atoms with van der Waals surface area (Å²) >= 11 is 0. The van der Waals surface area contributed by atoms with Gasteiger partial charge in [-0.25, -0.2) is 9.18 Å². The number of aryl methyl sites for hydroxylation is 1. The van der Waals surface area contributed by atoms with E-state index in [1.807, 2.05) is 0 Å². The number of carbonyl (C=O) groups is 2. The topological polar surface area (TPSA) is 84.2 Å². The van der Waals surface area contributed by atoms with Gasteiger partial charge in [-0.2, -0.15) is 5.10 Å². The van der Waals surface area contributed by atoms with E-state index in [2.05, 4.69) is 10.4 Å². The highest BCUT2D eigenvalue weighted by Crippen LogP contribution is 2.34. The molecule has 1 saturated carbocycles. The van der Waals surface area contributed by atoms with Crippen molar-refractivity contribution in [2.45, 2.75) is 31.8 Å². The summed E-state index contributed by atoms with van der Waals surface area (Å²) in [6, 6.07) is 3.06. The maximum absolute atomic E-state index is 13.3. The number of halogens is 1. The van der Waals surface area contributed by atoms with Crippen LogP contribution in [0.15, 0.2) is 30.6 Å². The Balaban J connectivity index is 1.79. The van der Waals surface area contributed by atoms with E-state index in [9.17, 15) is 19.1 Å². The Morgan fingerprint density at radius 2 is 2.17 bits per heavy atom. The molecule has 1 aliphatic carbocycles. The molecule has 0 saturated heterocycles. The van der Waals surface area contributed by atoms with Crippen molar-refractivity contribution in [1.82, 2.24) is 15.1 Å². The second-order valence-electron chi connectivity index (χ2n) is 5.69. The van der Waals surface area contributed by atoms with Gasteiger partial charge in [0, 0.05) is 6.20 Å². The van der Waals surface area contributed by atoms with Crippen LogP contribution in [0.3, 0.4) is 0 Å². The van der Waals surface area contributed by atoms with Gasteiger partial charge < -0.3 is 10.4 Å². The Bertz CT molecular complexity index is 768. The van der Waals surface area contributed by atoms with E-state index in [-0.39, 0.29) is 0 Å². The number of nitrogens with one attached hydrogen (secondary N) is 1. The Morgan fingerprint density at radius 3 is 2.78 bits per heavy atom. The standard InChI is InChI=1S/C16H16FN3O3/c1-9-6-10(2-5-13(9)17)14(16(22)23)19-15(21)11-7-18-20(8-11)12-3-4-12/h2,5-8,12,14H,3-4H2,1H3,(H,19,21)(H,22,23). The maximum Gasteiger partial charge on any atom is 0.330 e. The third-order valence-corrected chi connectivity index (χ3v) is 3.82.